The van der Waals surface area contributed by atoms with Gasteiger partial charge in [0.1, 0.15) is 5.69 Å². The monoisotopic (exact) mass is 519 g/mol. The Kier molecular flexibility index (Phi) is 18.8. The van der Waals surface area contributed by atoms with E-state index >= 15 is 0 Å². The summed E-state index contributed by atoms with van der Waals surface area (Å²) in [6.45, 7) is 5.00. The van der Waals surface area contributed by atoms with Crippen molar-refractivity contribution in [1.82, 2.24) is 0 Å². The fourth-order valence-electron chi connectivity index (χ4n) is 4.79. The van der Waals surface area contributed by atoms with Gasteiger partial charge in [0.15, 0.2) is 23.3 Å². The fraction of sp³-hybridized carbons (Fsp3) is 0.800. The summed E-state index contributed by atoms with van der Waals surface area (Å²) in [6, 6.07) is 0. The minimum atomic E-state index is -2.09. The van der Waals surface area contributed by atoms with Crippen LogP contribution >= 0.6 is 0 Å². The molecule has 0 amide bonds. The second-order valence-electron chi connectivity index (χ2n) is 10.3. The number of halogens is 5. The van der Waals surface area contributed by atoms with Crippen molar-refractivity contribution >= 4 is 5.69 Å². The van der Waals surface area contributed by atoms with Crippen LogP contribution in [0.25, 0.3) is 0 Å². The van der Waals surface area contributed by atoms with E-state index in [9.17, 15) is 22.0 Å². The molecule has 0 fully saturated rings. The van der Waals surface area contributed by atoms with Crippen LogP contribution < -0.4 is 4.90 Å². The minimum absolute atomic E-state index is 0.298. The molecule has 1 aromatic carbocycles. The highest BCUT2D eigenvalue weighted by molar-refractivity contribution is 5.50. The van der Waals surface area contributed by atoms with Crippen molar-refractivity contribution < 1.29 is 22.0 Å². The number of nitrogens with zero attached hydrogens (tertiary/aromatic N) is 1. The summed E-state index contributed by atoms with van der Waals surface area (Å²) in [4.78, 5) is 1.38. The molecule has 0 aromatic heterocycles. The minimum Gasteiger partial charge on any atom is -0.367 e. The zero-order chi connectivity index (χ0) is 26.6. The molecule has 210 valence electrons. The Labute approximate surface area is 217 Å². The lowest BCUT2D eigenvalue weighted by Gasteiger charge is -2.26. The van der Waals surface area contributed by atoms with E-state index in [0.717, 1.165) is 38.5 Å². The fourth-order valence-corrected chi connectivity index (χ4v) is 4.79. The molecule has 0 saturated heterocycles. The van der Waals surface area contributed by atoms with Gasteiger partial charge >= 0.3 is 0 Å². The third kappa shape index (κ3) is 12.8. The van der Waals surface area contributed by atoms with E-state index in [1.807, 2.05) is 0 Å². The summed E-state index contributed by atoms with van der Waals surface area (Å²) in [5.41, 5.74) is -0.766. The maximum atomic E-state index is 14.5. The first kappa shape index (κ1) is 32.7. The van der Waals surface area contributed by atoms with E-state index < -0.39 is 34.8 Å². The van der Waals surface area contributed by atoms with Crippen molar-refractivity contribution in [3.63, 3.8) is 0 Å². The van der Waals surface area contributed by atoms with E-state index in [1.165, 1.54) is 81.9 Å². The normalized spacial score (nSPS) is 11.4. The van der Waals surface area contributed by atoms with Crippen LogP contribution in [0, 0.1) is 29.1 Å². The van der Waals surface area contributed by atoms with Crippen molar-refractivity contribution in [2.45, 2.75) is 142 Å². The number of hydrogen-bond donors (Lipinski definition) is 0. The van der Waals surface area contributed by atoms with Crippen LogP contribution in [0.2, 0.25) is 0 Å². The summed E-state index contributed by atoms with van der Waals surface area (Å²) < 4.78 is 70.3. The van der Waals surface area contributed by atoms with Gasteiger partial charge in [-0.15, -0.1) is 0 Å². The molecule has 0 atom stereocenters. The molecule has 0 aliphatic carbocycles. The van der Waals surface area contributed by atoms with Crippen LogP contribution in [0.3, 0.4) is 0 Å². The van der Waals surface area contributed by atoms with Gasteiger partial charge in [0.05, 0.1) is 0 Å². The van der Waals surface area contributed by atoms with Crippen LogP contribution in [-0.2, 0) is 0 Å². The van der Waals surface area contributed by atoms with Crippen LogP contribution in [0.4, 0.5) is 27.6 Å². The molecule has 0 aliphatic heterocycles. The van der Waals surface area contributed by atoms with E-state index in [2.05, 4.69) is 13.8 Å². The zero-order valence-corrected chi connectivity index (χ0v) is 22.9. The summed E-state index contributed by atoms with van der Waals surface area (Å²) in [5, 5.41) is 0. The smallest absolute Gasteiger partial charge is 0.200 e. The molecule has 0 bridgehead atoms. The van der Waals surface area contributed by atoms with Crippen LogP contribution in [0.5, 0.6) is 0 Å². The Hall–Kier alpha value is -1.33. The van der Waals surface area contributed by atoms with Crippen LogP contribution in [0.1, 0.15) is 142 Å². The lowest BCUT2D eigenvalue weighted by Crippen LogP contribution is -2.29. The van der Waals surface area contributed by atoms with Crippen molar-refractivity contribution in [3.8, 4) is 0 Å². The van der Waals surface area contributed by atoms with Gasteiger partial charge in [0.2, 0.25) is 5.82 Å². The van der Waals surface area contributed by atoms with Gasteiger partial charge in [-0.25, -0.2) is 22.0 Å². The Balaban J connectivity index is 2.51. The maximum absolute atomic E-state index is 14.5. The average Bonchev–Trinajstić information content (AvgIpc) is 2.88. The summed E-state index contributed by atoms with van der Waals surface area (Å²) in [6.07, 6.45) is 22.4. The number of benzene rings is 1. The number of unbranched alkanes of at least 4 members (excludes halogenated alkanes) is 18. The van der Waals surface area contributed by atoms with E-state index in [4.69, 9.17) is 0 Å². The molecule has 0 spiro atoms. The lowest BCUT2D eigenvalue weighted by atomic mass is 10.1. The standard InChI is InChI=1S/C30H50F5N/c1-3-5-7-9-11-13-15-17-19-21-23-36(24-22-20-18-16-14-12-10-8-6-4-2)30-28(34)26(32)25(31)27(33)29(30)35/h3-24H2,1-2H3. The van der Waals surface area contributed by atoms with Crippen molar-refractivity contribution in [2.24, 2.45) is 0 Å². The summed E-state index contributed by atoms with van der Waals surface area (Å²) in [5.74, 6) is -9.25. The predicted molar refractivity (Wildman–Crippen MR) is 142 cm³/mol. The first-order chi connectivity index (χ1) is 17.5. The van der Waals surface area contributed by atoms with Gasteiger partial charge in [-0.1, -0.05) is 129 Å². The first-order valence-electron chi connectivity index (χ1n) is 14.7. The van der Waals surface area contributed by atoms with E-state index in [-0.39, 0.29) is 0 Å². The predicted octanol–water partition coefficient (Wildman–Crippen LogP) is 11.0. The Morgan fingerprint density at radius 2 is 0.611 bits per heavy atom. The average molecular weight is 520 g/mol. The quantitative estimate of drug-likeness (QED) is 0.0601. The molecule has 0 saturated carbocycles. The maximum Gasteiger partial charge on any atom is 0.200 e. The van der Waals surface area contributed by atoms with Crippen molar-refractivity contribution in [1.29, 1.82) is 0 Å². The molecule has 0 N–H and O–H groups in total. The highest BCUT2D eigenvalue weighted by Gasteiger charge is 2.28. The molecule has 1 rings (SSSR count). The molecule has 0 heterocycles. The molecule has 0 radical (unpaired) electrons. The zero-order valence-electron chi connectivity index (χ0n) is 22.9. The third-order valence-corrected chi connectivity index (χ3v) is 7.07. The van der Waals surface area contributed by atoms with Gasteiger partial charge in [0, 0.05) is 13.1 Å². The van der Waals surface area contributed by atoms with E-state index in [0.29, 0.717) is 25.9 Å². The molecule has 36 heavy (non-hydrogen) atoms. The number of rotatable bonds is 23. The van der Waals surface area contributed by atoms with Gasteiger partial charge in [-0.2, -0.15) is 0 Å². The molecule has 1 nitrogen and oxygen atoms in total. The summed E-state index contributed by atoms with van der Waals surface area (Å²) in [7, 11) is 0. The molecular weight excluding hydrogens is 469 g/mol. The van der Waals surface area contributed by atoms with Gasteiger partial charge in [0.25, 0.3) is 0 Å². The molecule has 1 aromatic rings. The van der Waals surface area contributed by atoms with Gasteiger partial charge < -0.3 is 4.90 Å². The molecular formula is C30H50F5N. The Morgan fingerprint density at radius 1 is 0.361 bits per heavy atom. The topological polar surface area (TPSA) is 3.24 Å². The third-order valence-electron chi connectivity index (χ3n) is 7.07. The van der Waals surface area contributed by atoms with Gasteiger partial charge in [-0.3, -0.25) is 0 Å². The highest BCUT2D eigenvalue weighted by atomic mass is 19.2. The lowest BCUT2D eigenvalue weighted by molar-refractivity contribution is 0.377. The highest BCUT2D eigenvalue weighted by Crippen LogP contribution is 2.31. The SMILES string of the molecule is CCCCCCCCCCCCN(CCCCCCCCCCCC)c1c(F)c(F)c(F)c(F)c1F. The van der Waals surface area contributed by atoms with Crippen LogP contribution in [-0.4, -0.2) is 13.1 Å². The number of hydrogen-bond acceptors (Lipinski definition) is 1. The Morgan fingerprint density at radius 3 is 0.917 bits per heavy atom. The van der Waals surface area contributed by atoms with Crippen molar-refractivity contribution in [3.05, 3.63) is 29.1 Å². The first-order valence-corrected chi connectivity index (χ1v) is 14.7. The van der Waals surface area contributed by atoms with Crippen LogP contribution in [0.15, 0.2) is 0 Å². The second-order valence-corrected chi connectivity index (χ2v) is 10.3. The number of anilines is 1. The van der Waals surface area contributed by atoms with Gasteiger partial charge in [-0.05, 0) is 12.8 Å². The summed E-state index contributed by atoms with van der Waals surface area (Å²) >= 11 is 0. The Bertz CT molecular complexity index is 641. The molecule has 6 heteroatoms. The molecule has 0 aliphatic rings. The molecule has 0 unspecified atom stereocenters. The largest absolute Gasteiger partial charge is 0.367 e. The van der Waals surface area contributed by atoms with Crippen molar-refractivity contribution in [2.75, 3.05) is 18.0 Å². The van der Waals surface area contributed by atoms with E-state index in [1.54, 1.807) is 0 Å². The second kappa shape index (κ2) is 20.7.